The molecule has 5 heteroatoms. The van der Waals surface area contributed by atoms with Gasteiger partial charge >= 0.3 is 0 Å². The third-order valence-corrected chi connectivity index (χ3v) is 3.74. The monoisotopic (exact) mass is 310 g/mol. The van der Waals surface area contributed by atoms with Gasteiger partial charge in [-0.15, -0.1) is 0 Å². The molecule has 0 aliphatic carbocycles. The number of aliphatic hydroxyl groups is 1. The van der Waals surface area contributed by atoms with Crippen molar-refractivity contribution in [2.75, 3.05) is 6.61 Å². The van der Waals surface area contributed by atoms with E-state index in [-0.39, 0.29) is 6.61 Å². The highest BCUT2D eigenvalue weighted by atomic mass is 35.5. The summed E-state index contributed by atoms with van der Waals surface area (Å²) in [6, 6.07) is 12.3. The Labute approximate surface area is 126 Å². The van der Waals surface area contributed by atoms with Crippen molar-refractivity contribution in [2.45, 2.75) is 12.2 Å². The fourth-order valence-corrected chi connectivity index (χ4v) is 2.54. The van der Waals surface area contributed by atoms with E-state index < -0.39 is 12.2 Å². The Balaban J connectivity index is 1.85. The maximum absolute atomic E-state index is 10.4. The van der Waals surface area contributed by atoms with Crippen molar-refractivity contribution in [3.05, 3.63) is 58.1 Å². The van der Waals surface area contributed by atoms with Crippen molar-refractivity contribution in [1.29, 1.82) is 0 Å². The first kappa shape index (κ1) is 13.6. The van der Waals surface area contributed by atoms with Gasteiger partial charge in [0.15, 0.2) is 17.6 Å². The Kier molecular flexibility index (Phi) is 3.74. The molecule has 2 unspecified atom stereocenters. The lowest BCUT2D eigenvalue weighted by atomic mass is 10.0. The molecule has 104 valence electrons. The second-order valence-electron chi connectivity index (χ2n) is 4.52. The van der Waals surface area contributed by atoms with Gasteiger partial charge in [0.05, 0.1) is 0 Å². The topological polar surface area (TPSA) is 38.7 Å². The lowest BCUT2D eigenvalue weighted by Gasteiger charge is -2.30. The number of ether oxygens (including phenoxy) is 2. The number of halogens is 2. The highest BCUT2D eigenvalue weighted by Crippen LogP contribution is 2.36. The molecule has 1 N–H and O–H groups in total. The summed E-state index contributed by atoms with van der Waals surface area (Å²) in [5.74, 6) is 1.29. The SMILES string of the molecule is OC(c1cc(Cl)ccc1Cl)C1COc2ccccc2O1. The number of fused-ring (bicyclic) bond motifs is 1. The van der Waals surface area contributed by atoms with Crippen LogP contribution in [-0.4, -0.2) is 17.8 Å². The first-order chi connectivity index (χ1) is 9.65. The summed E-state index contributed by atoms with van der Waals surface area (Å²) in [5.41, 5.74) is 0.534. The van der Waals surface area contributed by atoms with E-state index in [0.29, 0.717) is 27.1 Å². The first-order valence-corrected chi connectivity index (χ1v) is 6.92. The molecule has 1 aliphatic rings. The van der Waals surface area contributed by atoms with E-state index in [1.54, 1.807) is 24.3 Å². The van der Waals surface area contributed by atoms with E-state index >= 15 is 0 Å². The van der Waals surface area contributed by atoms with Crippen LogP contribution in [0.25, 0.3) is 0 Å². The molecule has 0 fully saturated rings. The van der Waals surface area contributed by atoms with Crippen molar-refractivity contribution in [3.8, 4) is 11.5 Å². The zero-order valence-corrected chi connectivity index (χ0v) is 11.9. The molecule has 0 spiro atoms. The van der Waals surface area contributed by atoms with Crippen LogP contribution in [0.2, 0.25) is 10.0 Å². The second-order valence-corrected chi connectivity index (χ2v) is 5.37. The van der Waals surface area contributed by atoms with Crippen LogP contribution in [0.15, 0.2) is 42.5 Å². The lowest BCUT2D eigenvalue weighted by molar-refractivity contribution is -0.0112. The number of hydrogen-bond acceptors (Lipinski definition) is 3. The molecular weight excluding hydrogens is 299 g/mol. The Bertz CT molecular complexity index is 630. The van der Waals surface area contributed by atoms with E-state index in [0.717, 1.165) is 0 Å². The van der Waals surface area contributed by atoms with E-state index in [2.05, 4.69) is 0 Å². The highest BCUT2D eigenvalue weighted by Gasteiger charge is 2.29. The molecule has 2 aromatic carbocycles. The fourth-order valence-electron chi connectivity index (χ4n) is 2.13. The summed E-state index contributed by atoms with van der Waals surface area (Å²) in [6.45, 7) is 0.251. The molecule has 0 bridgehead atoms. The van der Waals surface area contributed by atoms with Crippen LogP contribution in [0.1, 0.15) is 11.7 Å². The summed E-state index contributed by atoms with van der Waals surface area (Å²) in [5, 5.41) is 11.4. The molecule has 1 heterocycles. The molecule has 0 radical (unpaired) electrons. The Morgan fingerprint density at radius 2 is 1.85 bits per heavy atom. The lowest BCUT2D eigenvalue weighted by Crippen LogP contribution is -2.35. The van der Waals surface area contributed by atoms with Crippen LogP contribution in [0.3, 0.4) is 0 Å². The van der Waals surface area contributed by atoms with Crippen molar-refractivity contribution in [1.82, 2.24) is 0 Å². The molecule has 3 rings (SSSR count). The number of benzene rings is 2. The predicted octanol–water partition coefficient (Wildman–Crippen LogP) is 3.87. The van der Waals surface area contributed by atoms with Crippen LogP contribution in [0.5, 0.6) is 11.5 Å². The van der Waals surface area contributed by atoms with Gasteiger partial charge in [-0.3, -0.25) is 0 Å². The zero-order valence-electron chi connectivity index (χ0n) is 10.4. The Morgan fingerprint density at radius 3 is 2.65 bits per heavy atom. The van der Waals surface area contributed by atoms with Crippen molar-refractivity contribution >= 4 is 23.2 Å². The van der Waals surface area contributed by atoms with Crippen LogP contribution < -0.4 is 9.47 Å². The molecule has 3 nitrogen and oxygen atoms in total. The number of para-hydroxylation sites is 2. The van der Waals surface area contributed by atoms with Crippen LogP contribution in [-0.2, 0) is 0 Å². The average molecular weight is 311 g/mol. The normalized spacial score (nSPS) is 18.6. The molecule has 0 amide bonds. The molecular formula is C15H12Cl2O3. The standard InChI is InChI=1S/C15H12Cl2O3/c16-9-5-6-11(17)10(7-9)15(18)14-8-19-12-3-1-2-4-13(12)20-14/h1-7,14-15,18H,8H2. The summed E-state index contributed by atoms with van der Waals surface area (Å²) in [6.07, 6.45) is -1.43. The van der Waals surface area contributed by atoms with Crippen LogP contribution in [0, 0.1) is 0 Å². The summed E-state index contributed by atoms with van der Waals surface area (Å²) in [7, 11) is 0. The summed E-state index contributed by atoms with van der Waals surface area (Å²) in [4.78, 5) is 0. The number of rotatable bonds is 2. The molecule has 2 aromatic rings. The third kappa shape index (κ3) is 2.57. The maximum atomic E-state index is 10.4. The minimum atomic E-state index is -0.908. The molecule has 20 heavy (non-hydrogen) atoms. The van der Waals surface area contributed by atoms with Gasteiger partial charge in [-0.1, -0.05) is 35.3 Å². The van der Waals surface area contributed by atoms with Gasteiger partial charge < -0.3 is 14.6 Å². The van der Waals surface area contributed by atoms with Gasteiger partial charge in [0, 0.05) is 15.6 Å². The summed E-state index contributed by atoms with van der Waals surface area (Å²) >= 11 is 12.0. The molecule has 1 aliphatic heterocycles. The van der Waals surface area contributed by atoms with E-state index in [1.807, 2.05) is 18.2 Å². The molecule has 0 saturated carbocycles. The van der Waals surface area contributed by atoms with Crippen LogP contribution >= 0.6 is 23.2 Å². The van der Waals surface area contributed by atoms with Gasteiger partial charge in [-0.25, -0.2) is 0 Å². The molecule has 2 atom stereocenters. The van der Waals surface area contributed by atoms with E-state index in [4.69, 9.17) is 32.7 Å². The molecule has 0 aromatic heterocycles. The Morgan fingerprint density at radius 1 is 1.10 bits per heavy atom. The van der Waals surface area contributed by atoms with Crippen molar-refractivity contribution in [2.24, 2.45) is 0 Å². The zero-order chi connectivity index (χ0) is 14.1. The second kappa shape index (κ2) is 5.52. The number of hydrogen-bond donors (Lipinski definition) is 1. The minimum Gasteiger partial charge on any atom is -0.486 e. The first-order valence-electron chi connectivity index (χ1n) is 6.16. The van der Waals surface area contributed by atoms with E-state index in [1.165, 1.54) is 0 Å². The highest BCUT2D eigenvalue weighted by molar-refractivity contribution is 6.33. The van der Waals surface area contributed by atoms with Crippen molar-refractivity contribution < 1.29 is 14.6 Å². The Hall–Kier alpha value is -1.42. The van der Waals surface area contributed by atoms with Gasteiger partial charge in [-0.05, 0) is 30.3 Å². The van der Waals surface area contributed by atoms with E-state index in [9.17, 15) is 5.11 Å². The van der Waals surface area contributed by atoms with Gasteiger partial charge in [0.1, 0.15) is 12.7 Å². The van der Waals surface area contributed by atoms with Gasteiger partial charge in [0.2, 0.25) is 0 Å². The van der Waals surface area contributed by atoms with Crippen molar-refractivity contribution in [3.63, 3.8) is 0 Å². The minimum absolute atomic E-state index is 0.251. The average Bonchev–Trinajstić information content (AvgIpc) is 2.48. The number of aliphatic hydroxyl groups excluding tert-OH is 1. The van der Waals surface area contributed by atoms with Gasteiger partial charge in [0.25, 0.3) is 0 Å². The largest absolute Gasteiger partial charge is 0.486 e. The fraction of sp³-hybridized carbons (Fsp3) is 0.200. The molecule has 0 saturated heterocycles. The maximum Gasteiger partial charge on any atom is 0.163 e. The third-order valence-electron chi connectivity index (χ3n) is 3.16. The van der Waals surface area contributed by atoms with Gasteiger partial charge in [-0.2, -0.15) is 0 Å². The quantitative estimate of drug-likeness (QED) is 0.915. The summed E-state index contributed by atoms with van der Waals surface area (Å²) < 4.78 is 11.4. The van der Waals surface area contributed by atoms with Crippen LogP contribution in [0.4, 0.5) is 0 Å². The predicted molar refractivity (Wildman–Crippen MR) is 77.8 cm³/mol. The smallest absolute Gasteiger partial charge is 0.163 e.